The normalized spacial score (nSPS) is 22.1. The molecule has 21 heavy (non-hydrogen) atoms. The van der Waals surface area contributed by atoms with Crippen LogP contribution in [0.2, 0.25) is 0 Å². The number of nitrogens with one attached hydrogen (secondary N) is 1. The van der Waals surface area contributed by atoms with Gasteiger partial charge in [0.15, 0.2) is 0 Å². The Balaban J connectivity index is 0.00000161. The fraction of sp³-hybridized carbons (Fsp3) is 0.812. The van der Waals surface area contributed by atoms with Gasteiger partial charge in [-0.15, -0.1) is 12.4 Å². The maximum Gasteiger partial charge on any atom is 0.0534 e. The molecule has 2 fully saturated rings. The van der Waals surface area contributed by atoms with Gasteiger partial charge >= 0.3 is 0 Å². The van der Waals surface area contributed by atoms with Crippen molar-refractivity contribution in [3.05, 3.63) is 18.0 Å². The zero-order valence-electron chi connectivity index (χ0n) is 13.2. The van der Waals surface area contributed by atoms with E-state index in [1.807, 2.05) is 0 Å². The summed E-state index contributed by atoms with van der Waals surface area (Å²) in [5.41, 5.74) is 1.80. The number of hydrogen-bond donors (Lipinski definition) is 1. The van der Waals surface area contributed by atoms with Crippen molar-refractivity contribution in [2.75, 3.05) is 19.6 Å². The molecule has 1 N–H and O–H groups in total. The first-order valence-electron chi connectivity index (χ1n) is 8.29. The molecule has 0 aromatic carbocycles. The van der Waals surface area contributed by atoms with Gasteiger partial charge in [0.2, 0.25) is 0 Å². The SMILES string of the molecule is CCCn1cc(CN2CCNCC23CCCCC3)cn1.Cl. The number of hydrogen-bond acceptors (Lipinski definition) is 3. The van der Waals surface area contributed by atoms with Crippen LogP contribution in [0.15, 0.2) is 12.4 Å². The highest BCUT2D eigenvalue weighted by atomic mass is 35.5. The summed E-state index contributed by atoms with van der Waals surface area (Å²) in [5, 5.41) is 8.10. The summed E-state index contributed by atoms with van der Waals surface area (Å²) in [4.78, 5) is 2.73. The largest absolute Gasteiger partial charge is 0.314 e. The molecular formula is C16H29ClN4. The highest BCUT2D eigenvalue weighted by Gasteiger charge is 2.39. The molecule has 0 bridgehead atoms. The van der Waals surface area contributed by atoms with E-state index in [2.05, 4.69) is 39.3 Å². The molecule has 1 saturated carbocycles. The summed E-state index contributed by atoms with van der Waals surface area (Å²) in [6, 6.07) is 0. The van der Waals surface area contributed by atoms with E-state index >= 15 is 0 Å². The van der Waals surface area contributed by atoms with Crippen LogP contribution in [-0.4, -0.2) is 39.9 Å². The van der Waals surface area contributed by atoms with Crippen LogP contribution >= 0.6 is 12.4 Å². The first-order valence-corrected chi connectivity index (χ1v) is 8.29. The second kappa shape index (κ2) is 7.61. The molecule has 0 unspecified atom stereocenters. The molecule has 1 aromatic rings. The van der Waals surface area contributed by atoms with Crippen molar-refractivity contribution in [3.63, 3.8) is 0 Å². The predicted molar refractivity (Wildman–Crippen MR) is 88.9 cm³/mol. The third-order valence-corrected chi connectivity index (χ3v) is 4.98. The summed E-state index contributed by atoms with van der Waals surface area (Å²) in [6.07, 6.45) is 12.4. The zero-order chi connectivity index (χ0) is 13.8. The summed E-state index contributed by atoms with van der Waals surface area (Å²) in [6.45, 7) is 7.80. The molecule has 1 aliphatic heterocycles. The lowest BCUT2D eigenvalue weighted by molar-refractivity contribution is 0.0208. The average molecular weight is 313 g/mol. The Morgan fingerprint density at radius 3 is 2.86 bits per heavy atom. The molecule has 1 aliphatic carbocycles. The van der Waals surface area contributed by atoms with Gasteiger partial charge in [0, 0.05) is 50.0 Å². The molecule has 0 atom stereocenters. The lowest BCUT2D eigenvalue weighted by Crippen LogP contribution is -2.61. The molecular weight excluding hydrogens is 284 g/mol. The number of aromatic nitrogens is 2. The fourth-order valence-corrected chi connectivity index (χ4v) is 3.89. The van der Waals surface area contributed by atoms with Crippen molar-refractivity contribution in [1.82, 2.24) is 20.0 Å². The van der Waals surface area contributed by atoms with E-state index in [-0.39, 0.29) is 12.4 Å². The van der Waals surface area contributed by atoms with E-state index in [9.17, 15) is 0 Å². The van der Waals surface area contributed by atoms with Gasteiger partial charge in [0.05, 0.1) is 6.20 Å². The van der Waals surface area contributed by atoms with Gasteiger partial charge in [0.25, 0.3) is 0 Å². The first kappa shape index (κ1) is 16.8. The number of nitrogens with zero attached hydrogens (tertiary/aromatic N) is 3. The van der Waals surface area contributed by atoms with Gasteiger partial charge in [-0.2, -0.15) is 5.10 Å². The van der Waals surface area contributed by atoms with Crippen LogP contribution in [0.4, 0.5) is 0 Å². The zero-order valence-corrected chi connectivity index (χ0v) is 14.0. The molecule has 1 spiro atoms. The smallest absolute Gasteiger partial charge is 0.0534 e. The maximum atomic E-state index is 4.48. The van der Waals surface area contributed by atoms with E-state index in [0.717, 1.165) is 26.1 Å². The highest BCUT2D eigenvalue weighted by Crippen LogP contribution is 2.35. The number of aryl methyl sites for hydroxylation is 1. The number of halogens is 1. The minimum atomic E-state index is 0. The van der Waals surface area contributed by atoms with Crippen molar-refractivity contribution >= 4 is 12.4 Å². The lowest BCUT2D eigenvalue weighted by Gasteiger charge is -2.49. The number of rotatable bonds is 4. The van der Waals surface area contributed by atoms with Crippen molar-refractivity contribution in [3.8, 4) is 0 Å². The molecule has 1 saturated heterocycles. The Hall–Kier alpha value is -0.580. The standard InChI is InChI=1S/C16H28N4.ClH/c1-2-9-20-13-15(11-18-20)12-19-10-8-17-14-16(19)6-4-3-5-7-16;/h11,13,17H,2-10,12,14H2,1H3;1H. The third kappa shape index (κ3) is 3.79. The van der Waals surface area contributed by atoms with Crippen LogP contribution in [0, 0.1) is 0 Å². The first-order chi connectivity index (χ1) is 9.82. The summed E-state index contributed by atoms with van der Waals surface area (Å²) < 4.78 is 2.09. The van der Waals surface area contributed by atoms with Crippen LogP contribution in [-0.2, 0) is 13.1 Å². The lowest BCUT2D eigenvalue weighted by atomic mass is 9.79. The maximum absolute atomic E-state index is 4.48. The molecule has 4 nitrogen and oxygen atoms in total. The number of piperazine rings is 1. The Bertz CT molecular complexity index is 417. The van der Waals surface area contributed by atoms with Crippen LogP contribution < -0.4 is 5.32 Å². The summed E-state index contributed by atoms with van der Waals surface area (Å²) in [5.74, 6) is 0. The van der Waals surface area contributed by atoms with E-state index in [1.165, 1.54) is 50.8 Å². The molecule has 0 amide bonds. The van der Waals surface area contributed by atoms with Gasteiger partial charge in [-0.05, 0) is 19.3 Å². The van der Waals surface area contributed by atoms with Crippen LogP contribution in [0.25, 0.3) is 0 Å². The van der Waals surface area contributed by atoms with Gasteiger partial charge in [0.1, 0.15) is 0 Å². The molecule has 3 rings (SSSR count). The molecule has 0 radical (unpaired) electrons. The van der Waals surface area contributed by atoms with Crippen molar-refractivity contribution < 1.29 is 0 Å². The fourth-order valence-electron chi connectivity index (χ4n) is 3.89. The van der Waals surface area contributed by atoms with Crippen LogP contribution in [0.5, 0.6) is 0 Å². The Kier molecular flexibility index (Phi) is 6.08. The van der Waals surface area contributed by atoms with Crippen molar-refractivity contribution in [2.45, 2.75) is 64.1 Å². The van der Waals surface area contributed by atoms with E-state index < -0.39 is 0 Å². The minimum absolute atomic E-state index is 0. The van der Waals surface area contributed by atoms with Crippen molar-refractivity contribution in [2.24, 2.45) is 0 Å². The topological polar surface area (TPSA) is 33.1 Å². The molecule has 2 aliphatic rings. The second-order valence-corrected chi connectivity index (χ2v) is 6.49. The Morgan fingerprint density at radius 1 is 1.29 bits per heavy atom. The average Bonchev–Trinajstić information content (AvgIpc) is 2.91. The Morgan fingerprint density at radius 2 is 2.10 bits per heavy atom. The quantitative estimate of drug-likeness (QED) is 0.928. The molecule has 5 heteroatoms. The van der Waals surface area contributed by atoms with Gasteiger partial charge in [-0.3, -0.25) is 9.58 Å². The third-order valence-electron chi connectivity index (χ3n) is 4.98. The second-order valence-electron chi connectivity index (χ2n) is 6.49. The van der Waals surface area contributed by atoms with Crippen molar-refractivity contribution in [1.29, 1.82) is 0 Å². The van der Waals surface area contributed by atoms with Gasteiger partial charge in [-0.25, -0.2) is 0 Å². The van der Waals surface area contributed by atoms with Gasteiger partial charge in [-0.1, -0.05) is 26.2 Å². The van der Waals surface area contributed by atoms with E-state index in [0.29, 0.717) is 5.54 Å². The summed E-state index contributed by atoms with van der Waals surface area (Å²) >= 11 is 0. The van der Waals surface area contributed by atoms with Crippen LogP contribution in [0.3, 0.4) is 0 Å². The predicted octanol–water partition coefficient (Wildman–Crippen LogP) is 2.82. The molecule has 2 heterocycles. The van der Waals surface area contributed by atoms with E-state index in [4.69, 9.17) is 0 Å². The monoisotopic (exact) mass is 312 g/mol. The van der Waals surface area contributed by atoms with Gasteiger partial charge < -0.3 is 5.32 Å². The summed E-state index contributed by atoms with van der Waals surface area (Å²) in [7, 11) is 0. The molecule has 120 valence electrons. The van der Waals surface area contributed by atoms with E-state index in [1.54, 1.807) is 0 Å². The molecule has 1 aromatic heterocycles. The highest BCUT2D eigenvalue weighted by molar-refractivity contribution is 5.85. The minimum Gasteiger partial charge on any atom is -0.314 e. The van der Waals surface area contributed by atoms with Crippen LogP contribution in [0.1, 0.15) is 51.0 Å². The Labute approximate surface area is 134 Å².